The number of ether oxygens (including phenoxy) is 1. The summed E-state index contributed by atoms with van der Waals surface area (Å²) in [6.45, 7) is 0. The fraction of sp³-hybridized carbons (Fsp3) is 0.462. The Balaban J connectivity index is 1.93. The van der Waals surface area contributed by atoms with Gasteiger partial charge in [0, 0.05) is 12.1 Å². The van der Waals surface area contributed by atoms with E-state index in [1.807, 2.05) is 0 Å². The Hall–Kier alpha value is -1.27. The van der Waals surface area contributed by atoms with Crippen LogP contribution in [0.15, 0.2) is 18.2 Å². The van der Waals surface area contributed by atoms with Crippen molar-refractivity contribution in [3.05, 3.63) is 23.2 Å². The Bertz CT molecular complexity index is 615. The van der Waals surface area contributed by atoms with Gasteiger partial charge in [-0.25, -0.2) is 8.42 Å². The molecule has 1 aliphatic heterocycles. The predicted octanol–water partition coefficient (Wildman–Crippen LogP) is 2.11. The van der Waals surface area contributed by atoms with Crippen molar-refractivity contribution in [2.24, 2.45) is 5.92 Å². The predicted molar refractivity (Wildman–Crippen MR) is 78.0 cm³/mol. The first kappa shape index (κ1) is 15.1. The molecule has 1 N–H and O–H groups in total. The number of hydrogen-bond donors (Lipinski definition) is 1. The molecule has 1 aliphatic rings. The molecule has 20 heavy (non-hydrogen) atoms. The van der Waals surface area contributed by atoms with Gasteiger partial charge in [-0.15, -0.1) is 0 Å². The van der Waals surface area contributed by atoms with Crippen LogP contribution in [0.2, 0.25) is 5.02 Å². The standard InChI is InChI=1S/C13H16ClNO4S/c1-19-12-3-2-10(7-11(12)14)15-13(16)6-9-4-5-20(17,18)8-9/h2-3,7,9H,4-6,8H2,1H3,(H,15,16)/t9-/m1/s1. The third kappa shape index (κ3) is 3.86. The van der Waals surface area contributed by atoms with Crippen molar-refractivity contribution in [1.29, 1.82) is 0 Å². The largest absolute Gasteiger partial charge is 0.495 e. The molecule has 0 bridgehead atoms. The number of rotatable bonds is 4. The number of nitrogens with one attached hydrogen (secondary N) is 1. The Morgan fingerprint density at radius 3 is 2.80 bits per heavy atom. The van der Waals surface area contributed by atoms with Gasteiger partial charge in [0.15, 0.2) is 9.84 Å². The van der Waals surface area contributed by atoms with E-state index in [4.69, 9.17) is 16.3 Å². The van der Waals surface area contributed by atoms with Gasteiger partial charge in [-0.05, 0) is 30.5 Å². The summed E-state index contributed by atoms with van der Waals surface area (Å²) in [6, 6.07) is 4.95. The number of carbonyl (C=O) groups excluding carboxylic acids is 1. The van der Waals surface area contributed by atoms with Gasteiger partial charge in [-0.3, -0.25) is 4.79 Å². The molecular formula is C13H16ClNO4S. The van der Waals surface area contributed by atoms with Gasteiger partial charge in [0.25, 0.3) is 0 Å². The van der Waals surface area contributed by atoms with Crippen LogP contribution in [-0.2, 0) is 14.6 Å². The van der Waals surface area contributed by atoms with Crippen molar-refractivity contribution in [3.8, 4) is 5.75 Å². The molecule has 5 nitrogen and oxygen atoms in total. The number of halogens is 1. The smallest absolute Gasteiger partial charge is 0.224 e. The number of anilines is 1. The summed E-state index contributed by atoms with van der Waals surface area (Å²) in [6.07, 6.45) is 0.766. The maximum Gasteiger partial charge on any atom is 0.224 e. The van der Waals surface area contributed by atoms with Crippen LogP contribution in [0.4, 0.5) is 5.69 Å². The Labute approximate surface area is 123 Å². The second-order valence-electron chi connectivity index (χ2n) is 4.87. The monoisotopic (exact) mass is 317 g/mol. The van der Waals surface area contributed by atoms with Crippen molar-refractivity contribution in [2.75, 3.05) is 23.9 Å². The highest BCUT2D eigenvalue weighted by Gasteiger charge is 2.29. The summed E-state index contributed by atoms with van der Waals surface area (Å²) in [5.41, 5.74) is 0.571. The zero-order valence-electron chi connectivity index (χ0n) is 11.1. The van der Waals surface area contributed by atoms with E-state index in [-0.39, 0.29) is 29.8 Å². The molecule has 0 saturated carbocycles. The zero-order chi connectivity index (χ0) is 14.8. The lowest BCUT2D eigenvalue weighted by molar-refractivity contribution is -0.116. The van der Waals surface area contributed by atoms with E-state index in [1.54, 1.807) is 18.2 Å². The summed E-state index contributed by atoms with van der Waals surface area (Å²) in [5, 5.41) is 3.13. The third-order valence-corrected chi connectivity index (χ3v) is 5.37. The minimum atomic E-state index is -2.95. The topological polar surface area (TPSA) is 72.5 Å². The van der Waals surface area contributed by atoms with Crippen molar-refractivity contribution in [2.45, 2.75) is 12.8 Å². The summed E-state index contributed by atoms with van der Waals surface area (Å²) in [4.78, 5) is 11.9. The third-order valence-electron chi connectivity index (χ3n) is 3.24. The molecule has 1 aromatic rings. The van der Waals surface area contributed by atoms with E-state index in [1.165, 1.54) is 7.11 Å². The van der Waals surface area contributed by atoms with Crippen LogP contribution in [0.5, 0.6) is 5.75 Å². The minimum absolute atomic E-state index is 0.0891. The molecule has 0 radical (unpaired) electrons. The summed E-state index contributed by atoms with van der Waals surface area (Å²) in [5.74, 6) is 0.525. The lowest BCUT2D eigenvalue weighted by Gasteiger charge is -2.10. The van der Waals surface area contributed by atoms with Crippen LogP contribution in [-0.4, -0.2) is 32.9 Å². The highest BCUT2D eigenvalue weighted by molar-refractivity contribution is 7.91. The van der Waals surface area contributed by atoms with Gasteiger partial charge >= 0.3 is 0 Å². The number of carbonyl (C=O) groups is 1. The van der Waals surface area contributed by atoms with Crippen LogP contribution in [0.3, 0.4) is 0 Å². The maximum absolute atomic E-state index is 11.9. The average molecular weight is 318 g/mol. The number of benzene rings is 1. The van der Waals surface area contributed by atoms with Crippen molar-refractivity contribution in [3.63, 3.8) is 0 Å². The van der Waals surface area contributed by atoms with Crippen molar-refractivity contribution < 1.29 is 17.9 Å². The minimum Gasteiger partial charge on any atom is -0.495 e. The zero-order valence-corrected chi connectivity index (χ0v) is 12.6. The molecule has 1 saturated heterocycles. The number of methoxy groups -OCH3 is 1. The van der Waals surface area contributed by atoms with Crippen molar-refractivity contribution >= 4 is 33.0 Å². The molecule has 1 amide bonds. The van der Waals surface area contributed by atoms with Gasteiger partial charge in [0.2, 0.25) is 5.91 Å². The highest BCUT2D eigenvalue weighted by Crippen LogP contribution is 2.28. The summed E-state index contributed by atoms with van der Waals surface area (Å²) in [7, 11) is -1.43. The lowest BCUT2D eigenvalue weighted by atomic mass is 10.1. The van der Waals surface area contributed by atoms with Crippen LogP contribution in [0, 0.1) is 5.92 Å². The van der Waals surface area contributed by atoms with Gasteiger partial charge in [-0.1, -0.05) is 11.6 Å². The number of hydrogen-bond acceptors (Lipinski definition) is 4. The first-order chi connectivity index (χ1) is 9.39. The van der Waals surface area contributed by atoms with E-state index < -0.39 is 9.84 Å². The molecule has 0 unspecified atom stereocenters. The molecule has 1 fully saturated rings. The van der Waals surface area contributed by atoms with Gasteiger partial charge < -0.3 is 10.1 Å². The van der Waals surface area contributed by atoms with Crippen LogP contribution in [0.25, 0.3) is 0 Å². The average Bonchev–Trinajstić information content (AvgIpc) is 2.68. The molecule has 0 spiro atoms. The second-order valence-corrected chi connectivity index (χ2v) is 7.51. The molecular weight excluding hydrogens is 302 g/mol. The molecule has 1 aromatic carbocycles. The first-order valence-corrected chi connectivity index (χ1v) is 8.43. The molecule has 7 heteroatoms. The Morgan fingerprint density at radius 2 is 2.25 bits per heavy atom. The molecule has 0 aromatic heterocycles. The van der Waals surface area contributed by atoms with Crippen molar-refractivity contribution in [1.82, 2.24) is 0 Å². The van der Waals surface area contributed by atoms with E-state index >= 15 is 0 Å². The summed E-state index contributed by atoms with van der Waals surface area (Å²) < 4.78 is 27.7. The fourth-order valence-corrected chi connectivity index (χ4v) is 4.37. The molecule has 1 heterocycles. The molecule has 2 rings (SSSR count). The van der Waals surface area contributed by atoms with E-state index in [0.29, 0.717) is 22.9 Å². The summed E-state index contributed by atoms with van der Waals surface area (Å²) >= 11 is 5.97. The van der Waals surface area contributed by atoms with Crippen LogP contribution < -0.4 is 10.1 Å². The van der Waals surface area contributed by atoms with Crippen LogP contribution >= 0.6 is 11.6 Å². The normalized spacial score (nSPS) is 20.6. The molecule has 0 aliphatic carbocycles. The second kappa shape index (κ2) is 6.01. The van der Waals surface area contributed by atoms with E-state index in [0.717, 1.165) is 0 Å². The fourth-order valence-electron chi connectivity index (χ4n) is 2.25. The quantitative estimate of drug-likeness (QED) is 0.923. The van der Waals surface area contributed by atoms with Crippen LogP contribution in [0.1, 0.15) is 12.8 Å². The van der Waals surface area contributed by atoms with E-state index in [9.17, 15) is 13.2 Å². The SMILES string of the molecule is COc1ccc(NC(=O)C[C@H]2CCS(=O)(=O)C2)cc1Cl. The number of sulfone groups is 1. The highest BCUT2D eigenvalue weighted by atomic mass is 35.5. The lowest BCUT2D eigenvalue weighted by Crippen LogP contribution is -2.17. The number of amides is 1. The Morgan fingerprint density at radius 1 is 1.50 bits per heavy atom. The molecule has 110 valence electrons. The first-order valence-electron chi connectivity index (χ1n) is 6.23. The van der Waals surface area contributed by atoms with E-state index in [2.05, 4.69) is 5.32 Å². The molecule has 1 atom stereocenters. The maximum atomic E-state index is 11.9. The van der Waals surface area contributed by atoms with Gasteiger partial charge in [0.05, 0.1) is 23.6 Å². The van der Waals surface area contributed by atoms with Gasteiger partial charge in [0.1, 0.15) is 5.75 Å². The Kier molecular flexibility index (Phi) is 4.55. The van der Waals surface area contributed by atoms with Gasteiger partial charge in [-0.2, -0.15) is 0 Å².